The Morgan fingerprint density at radius 2 is 1.85 bits per heavy atom. The number of nitrogens with zero attached hydrogens (tertiary/aromatic N) is 2. The van der Waals surface area contributed by atoms with Crippen LogP contribution < -0.4 is 4.90 Å². The molecule has 6 heteroatoms. The highest BCUT2D eigenvalue weighted by Crippen LogP contribution is 2.45. The predicted molar refractivity (Wildman–Crippen MR) is 108 cm³/mol. The fourth-order valence-corrected chi connectivity index (χ4v) is 6.55. The normalized spacial score (nSPS) is 24.0. The molecule has 2 aromatic rings. The molecule has 0 N–H and O–H groups in total. The molecule has 1 atom stereocenters. The SMILES string of the molecule is CSc1ccc2c(c1)N(c1ccccc1)CC1CC(C)(C)CN1S2(=O)=O. The first-order valence-corrected chi connectivity index (χ1v) is 11.5. The molecule has 1 unspecified atom stereocenters. The van der Waals surface area contributed by atoms with Crippen LogP contribution in [0.2, 0.25) is 0 Å². The summed E-state index contributed by atoms with van der Waals surface area (Å²) < 4.78 is 28.7. The molecular formula is C20H24N2O2S2. The minimum absolute atomic E-state index is 0.00317. The molecule has 138 valence electrons. The quantitative estimate of drug-likeness (QED) is 0.717. The fourth-order valence-electron chi connectivity index (χ4n) is 4.13. The maximum absolute atomic E-state index is 13.5. The number of hydrogen-bond acceptors (Lipinski definition) is 4. The van der Waals surface area contributed by atoms with Gasteiger partial charge >= 0.3 is 0 Å². The molecule has 0 aliphatic carbocycles. The molecule has 0 bridgehead atoms. The predicted octanol–water partition coefficient (Wildman–Crippen LogP) is 4.35. The van der Waals surface area contributed by atoms with Crippen LogP contribution >= 0.6 is 11.8 Å². The number of rotatable bonds is 2. The maximum Gasteiger partial charge on any atom is 0.245 e. The average molecular weight is 389 g/mol. The van der Waals surface area contributed by atoms with Crippen molar-refractivity contribution < 1.29 is 8.42 Å². The lowest BCUT2D eigenvalue weighted by atomic mass is 9.90. The molecule has 4 rings (SSSR count). The number of anilines is 2. The minimum Gasteiger partial charge on any atom is -0.339 e. The van der Waals surface area contributed by atoms with Gasteiger partial charge in [-0.25, -0.2) is 8.42 Å². The lowest BCUT2D eigenvalue weighted by Gasteiger charge is -2.27. The Labute approximate surface area is 160 Å². The Morgan fingerprint density at radius 1 is 1.12 bits per heavy atom. The highest BCUT2D eigenvalue weighted by molar-refractivity contribution is 7.98. The number of thioether (sulfide) groups is 1. The highest BCUT2D eigenvalue weighted by atomic mass is 32.2. The van der Waals surface area contributed by atoms with Gasteiger partial charge in [-0.2, -0.15) is 4.31 Å². The number of sulfonamides is 1. The Bertz CT molecular complexity index is 926. The average Bonchev–Trinajstić information content (AvgIpc) is 2.91. The van der Waals surface area contributed by atoms with Gasteiger partial charge in [0.15, 0.2) is 0 Å². The van der Waals surface area contributed by atoms with E-state index >= 15 is 0 Å². The zero-order chi connectivity index (χ0) is 18.5. The van der Waals surface area contributed by atoms with Crippen LogP contribution in [-0.4, -0.2) is 38.1 Å². The van der Waals surface area contributed by atoms with Gasteiger partial charge in [0, 0.05) is 29.7 Å². The van der Waals surface area contributed by atoms with E-state index in [0.717, 1.165) is 22.7 Å². The second-order valence-corrected chi connectivity index (χ2v) is 10.6. The van der Waals surface area contributed by atoms with Crippen molar-refractivity contribution in [1.82, 2.24) is 4.31 Å². The molecule has 0 amide bonds. The lowest BCUT2D eigenvalue weighted by Crippen LogP contribution is -2.38. The van der Waals surface area contributed by atoms with Crippen molar-refractivity contribution in [2.75, 3.05) is 24.2 Å². The summed E-state index contributed by atoms with van der Waals surface area (Å²) in [5.41, 5.74) is 1.82. The smallest absolute Gasteiger partial charge is 0.245 e. The van der Waals surface area contributed by atoms with E-state index < -0.39 is 10.0 Å². The summed E-state index contributed by atoms with van der Waals surface area (Å²) in [5, 5.41) is 0. The molecule has 1 saturated heterocycles. The number of fused-ring (bicyclic) bond motifs is 2. The molecule has 0 radical (unpaired) electrons. The van der Waals surface area contributed by atoms with Crippen LogP contribution in [0.15, 0.2) is 58.3 Å². The summed E-state index contributed by atoms with van der Waals surface area (Å²) in [4.78, 5) is 3.67. The highest BCUT2D eigenvalue weighted by Gasteiger charge is 2.47. The minimum atomic E-state index is -3.51. The van der Waals surface area contributed by atoms with Crippen LogP contribution in [0.25, 0.3) is 0 Å². The Balaban J connectivity index is 1.93. The van der Waals surface area contributed by atoms with Crippen molar-refractivity contribution >= 4 is 33.2 Å². The third kappa shape index (κ3) is 2.94. The van der Waals surface area contributed by atoms with Crippen molar-refractivity contribution in [2.24, 2.45) is 5.41 Å². The molecular weight excluding hydrogens is 364 g/mol. The zero-order valence-corrected chi connectivity index (χ0v) is 17.0. The summed E-state index contributed by atoms with van der Waals surface area (Å²) >= 11 is 1.63. The molecule has 2 aliphatic rings. The van der Waals surface area contributed by atoms with Gasteiger partial charge in [-0.05, 0) is 48.4 Å². The fraction of sp³-hybridized carbons (Fsp3) is 0.400. The van der Waals surface area contributed by atoms with E-state index in [-0.39, 0.29) is 11.5 Å². The van der Waals surface area contributed by atoms with E-state index in [1.165, 1.54) is 0 Å². The molecule has 0 spiro atoms. The van der Waals surface area contributed by atoms with Crippen molar-refractivity contribution in [3.8, 4) is 0 Å². The van der Waals surface area contributed by atoms with Crippen LogP contribution in [0.4, 0.5) is 11.4 Å². The second-order valence-electron chi connectivity index (χ2n) is 7.85. The topological polar surface area (TPSA) is 40.6 Å². The van der Waals surface area contributed by atoms with Gasteiger partial charge in [0.05, 0.1) is 5.69 Å². The molecule has 4 nitrogen and oxygen atoms in total. The molecule has 0 aromatic heterocycles. The van der Waals surface area contributed by atoms with Crippen LogP contribution in [0.1, 0.15) is 20.3 Å². The summed E-state index contributed by atoms with van der Waals surface area (Å²) in [7, 11) is -3.51. The monoisotopic (exact) mass is 388 g/mol. The largest absolute Gasteiger partial charge is 0.339 e. The number of para-hydroxylation sites is 1. The number of benzene rings is 2. The van der Waals surface area contributed by atoms with Crippen LogP contribution in [-0.2, 0) is 10.0 Å². The number of hydrogen-bond donors (Lipinski definition) is 0. The Morgan fingerprint density at radius 3 is 2.54 bits per heavy atom. The molecule has 2 heterocycles. The van der Waals surface area contributed by atoms with Gasteiger partial charge in [-0.3, -0.25) is 0 Å². The molecule has 2 aromatic carbocycles. The molecule has 1 fully saturated rings. The van der Waals surface area contributed by atoms with Gasteiger partial charge in [0.1, 0.15) is 4.90 Å². The standard InChI is InChI=1S/C20H24N2O2S2/c1-20(2)12-16-13-21(15-7-5-4-6-8-15)18-11-17(25-3)9-10-19(18)26(23,24)22(16)14-20/h4-11,16H,12-14H2,1-3H3. The molecule has 26 heavy (non-hydrogen) atoms. The third-order valence-electron chi connectivity index (χ3n) is 5.28. The van der Waals surface area contributed by atoms with E-state index in [1.807, 2.05) is 36.6 Å². The maximum atomic E-state index is 13.5. The molecule has 2 aliphatic heterocycles. The van der Waals surface area contributed by atoms with E-state index in [9.17, 15) is 8.42 Å². The van der Waals surface area contributed by atoms with Gasteiger partial charge in [0.2, 0.25) is 10.0 Å². The lowest BCUT2D eigenvalue weighted by molar-refractivity contribution is 0.370. The summed E-state index contributed by atoms with van der Waals surface area (Å²) in [6, 6.07) is 15.8. The second kappa shape index (κ2) is 6.29. The van der Waals surface area contributed by atoms with E-state index in [0.29, 0.717) is 18.0 Å². The van der Waals surface area contributed by atoms with Crippen LogP contribution in [0.3, 0.4) is 0 Å². The van der Waals surface area contributed by atoms with E-state index in [1.54, 1.807) is 22.1 Å². The van der Waals surface area contributed by atoms with E-state index in [2.05, 4.69) is 30.9 Å². The Kier molecular flexibility index (Phi) is 4.33. The van der Waals surface area contributed by atoms with Crippen LogP contribution in [0.5, 0.6) is 0 Å². The summed E-state index contributed by atoms with van der Waals surface area (Å²) in [5.74, 6) is 0. The van der Waals surface area contributed by atoms with Gasteiger partial charge in [-0.15, -0.1) is 11.8 Å². The first kappa shape index (κ1) is 17.9. The van der Waals surface area contributed by atoms with Crippen molar-refractivity contribution in [3.63, 3.8) is 0 Å². The van der Waals surface area contributed by atoms with Gasteiger partial charge in [-0.1, -0.05) is 32.0 Å². The van der Waals surface area contributed by atoms with Crippen molar-refractivity contribution in [2.45, 2.75) is 36.1 Å². The first-order valence-electron chi connectivity index (χ1n) is 8.84. The zero-order valence-electron chi connectivity index (χ0n) is 15.3. The molecule has 0 saturated carbocycles. The summed E-state index contributed by atoms with van der Waals surface area (Å²) in [6.45, 7) is 5.56. The summed E-state index contributed by atoms with van der Waals surface area (Å²) in [6.07, 6.45) is 2.89. The third-order valence-corrected chi connectivity index (χ3v) is 7.96. The first-order chi connectivity index (χ1) is 12.3. The van der Waals surface area contributed by atoms with Gasteiger partial charge < -0.3 is 4.90 Å². The van der Waals surface area contributed by atoms with E-state index in [4.69, 9.17) is 0 Å². The Hall–Kier alpha value is -1.50. The van der Waals surface area contributed by atoms with Gasteiger partial charge in [0.25, 0.3) is 0 Å². The van der Waals surface area contributed by atoms with Crippen LogP contribution in [0, 0.1) is 5.41 Å². The van der Waals surface area contributed by atoms with Crippen molar-refractivity contribution in [1.29, 1.82) is 0 Å². The van der Waals surface area contributed by atoms with Crippen molar-refractivity contribution in [3.05, 3.63) is 48.5 Å².